The van der Waals surface area contributed by atoms with Crippen molar-refractivity contribution >= 4 is 5.91 Å². The second-order valence-electron chi connectivity index (χ2n) is 5.16. The van der Waals surface area contributed by atoms with E-state index >= 15 is 0 Å². The number of carbonyl (C=O) groups excluding carboxylic acids is 1. The fourth-order valence-corrected chi connectivity index (χ4v) is 2.26. The van der Waals surface area contributed by atoms with Crippen LogP contribution < -0.4 is 10.6 Å². The van der Waals surface area contributed by atoms with Crippen LogP contribution in [0.15, 0.2) is 11.6 Å². The topological polar surface area (TPSA) is 41.1 Å². The average Bonchev–Trinajstić information content (AvgIpc) is 2.52. The van der Waals surface area contributed by atoms with Gasteiger partial charge in [-0.3, -0.25) is 4.79 Å². The Morgan fingerprint density at radius 1 is 1.12 bits per heavy atom. The van der Waals surface area contributed by atoms with E-state index in [1.54, 1.807) is 6.08 Å². The molecular weight excluding hydrogens is 212 g/mol. The highest BCUT2D eigenvalue weighted by Gasteiger charge is 2.10. The summed E-state index contributed by atoms with van der Waals surface area (Å²) in [4.78, 5) is 11.3. The zero-order chi connectivity index (χ0) is 12.5. The van der Waals surface area contributed by atoms with Gasteiger partial charge in [-0.05, 0) is 26.7 Å². The maximum atomic E-state index is 11.3. The zero-order valence-electron chi connectivity index (χ0n) is 11.2. The van der Waals surface area contributed by atoms with Crippen LogP contribution in [0.5, 0.6) is 0 Å². The van der Waals surface area contributed by atoms with Gasteiger partial charge in [0.05, 0.1) is 0 Å². The predicted octanol–water partition coefficient (Wildman–Crippen LogP) is 2.38. The molecule has 1 fully saturated rings. The second kappa shape index (κ2) is 8.29. The Bertz CT molecular complexity index is 249. The number of rotatable bonds is 5. The molecule has 3 nitrogen and oxygen atoms in total. The molecule has 98 valence electrons. The lowest BCUT2D eigenvalue weighted by atomic mass is 10.1. The number of carbonyl (C=O) groups is 1. The molecule has 0 atom stereocenters. The van der Waals surface area contributed by atoms with Crippen LogP contribution in [0.4, 0.5) is 0 Å². The summed E-state index contributed by atoms with van der Waals surface area (Å²) in [6.07, 6.45) is 9.70. The molecule has 1 amide bonds. The zero-order valence-corrected chi connectivity index (χ0v) is 11.2. The summed E-state index contributed by atoms with van der Waals surface area (Å²) >= 11 is 0. The third-order valence-corrected chi connectivity index (χ3v) is 3.13. The van der Waals surface area contributed by atoms with Crippen LogP contribution in [-0.4, -0.2) is 25.0 Å². The fourth-order valence-electron chi connectivity index (χ4n) is 2.26. The van der Waals surface area contributed by atoms with E-state index < -0.39 is 0 Å². The van der Waals surface area contributed by atoms with Crippen molar-refractivity contribution in [3.05, 3.63) is 11.6 Å². The summed E-state index contributed by atoms with van der Waals surface area (Å²) in [5, 5.41) is 6.43. The molecule has 0 saturated heterocycles. The summed E-state index contributed by atoms with van der Waals surface area (Å²) < 4.78 is 0. The van der Waals surface area contributed by atoms with Gasteiger partial charge >= 0.3 is 0 Å². The van der Waals surface area contributed by atoms with Crippen LogP contribution in [0.2, 0.25) is 0 Å². The van der Waals surface area contributed by atoms with E-state index in [0.29, 0.717) is 6.04 Å². The molecule has 1 aliphatic carbocycles. The van der Waals surface area contributed by atoms with Crippen molar-refractivity contribution in [2.75, 3.05) is 13.1 Å². The van der Waals surface area contributed by atoms with E-state index in [2.05, 4.69) is 10.6 Å². The van der Waals surface area contributed by atoms with Crippen molar-refractivity contribution < 1.29 is 4.79 Å². The first-order valence-electron chi connectivity index (χ1n) is 6.84. The summed E-state index contributed by atoms with van der Waals surface area (Å²) in [7, 11) is 0. The first-order chi connectivity index (χ1) is 8.18. The minimum absolute atomic E-state index is 0.0210. The summed E-state index contributed by atoms with van der Waals surface area (Å²) in [6.45, 7) is 5.47. The average molecular weight is 238 g/mol. The van der Waals surface area contributed by atoms with Gasteiger partial charge in [0, 0.05) is 25.2 Å². The Morgan fingerprint density at radius 3 is 2.35 bits per heavy atom. The molecule has 1 rings (SSSR count). The fraction of sp³-hybridized carbons (Fsp3) is 0.786. The molecule has 0 bridgehead atoms. The molecule has 2 N–H and O–H groups in total. The summed E-state index contributed by atoms with van der Waals surface area (Å²) in [5.74, 6) is 0.0210. The quantitative estimate of drug-likeness (QED) is 0.438. The second-order valence-corrected chi connectivity index (χ2v) is 5.16. The molecule has 1 saturated carbocycles. The summed E-state index contributed by atoms with van der Waals surface area (Å²) in [6, 6.07) is 0.665. The van der Waals surface area contributed by atoms with Crippen molar-refractivity contribution in [1.29, 1.82) is 0 Å². The number of amides is 1. The van der Waals surface area contributed by atoms with Crippen molar-refractivity contribution in [3.8, 4) is 0 Å². The lowest BCUT2D eigenvalue weighted by molar-refractivity contribution is -0.116. The van der Waals surface area contributed by atoms with Gasteiger partial charge in [0.25, 0.3) is 0 Å². The number of hydrogen-bond donors (Lipinski definition) is 2. The Balaban J connectivity index is 2.07. The van der Waals surface area contributed by atoms with Crippen molar-refractivity contribution in [2.45, 2.75) is 58.4 Å². The molecule has 17 heavy (non-hydrogen) atoms. The minimum Gasteiger partial charge on any atom is -0.351 e. The largest absolute Gasteiger partial charge is 0.351 e. The lowest BCUT2D eigenvalue weighted by Gasteiger charge is -2.16. The molecule has 0 unspecified atom stereocenters. The highest BCUT2D eigenvalue weighted by molar-refractivity contribution is 5.87. The first kappa shape index (κ1) is 14.2. The molecule has 0 aromatic rings. The van der Waals surface area contributed by atoms with Gasteiger partial charge in [-0.2, -0.15) is 0 Å². The van der Waals surface area contributed by atoms with E-state index in [0.717, 1.165) is 18.7 Å². The van der Waals surface area contributed by atoms with E-state index in [4.69, 9.17) is 0 Å². The van der Waals surface area contributed by atoms with Gasteiger partial charge in [-0.1, -0.05) is 31.3 Å². The van der Waals surface area contributed by atoms with Crippen molar-refractivity contribution in [2.24, 2.45) is 0 Å². The van der Waals surface area contributed by atoms with Crippen LogP contribution in [0.1, 0.15) is 52.4 Å². The molecule has 1 aliphatic rings. The van der Waals surface area contributed by atoms with Crippen molar-refractivity contribution in [3.63, 3.8) is 0 Å². The van der Waals surface area contributed by atoms with Crippen LogP contribution >= 0.6 is 0 Å². The van der Waals surface area contributed by atoms with Gasteiger partial charge in [-0.15, -0.1) is 0 Å². The highest BCUT2D eigenvalue weighted by Crippen LogP contribution is 2.16. The van der Waals surface area contributed by atoms with Gasteiger partial charge < -0.3 is 10.6 Å². The van der Waals surface area contributed by atoms with Gasteiger partial charge in [-0.25, -0.2) is 0 Å². The third-order valence-electron chi connectivity index (χ3n) is 3.13. The Hall–Kier alpha value is -0.830. The van der Waals surface area contributed by atoms with Gasteiger partial charge in [0.2, 0.25) is 5.91 Å². The Morgan fingerprint density at radius 2 is 1.76 bits per heavy atom. The predicted molar refractivity (Wildman–Crippen MR) is 71.9 cm³/mol. The van der Waals surface area contributed by atoms with Crippen LogP contribution in [0.3, 0.4) is 0 Å². The molecule has 3 heteroatoms. The maximum absolute atomic E-state index is 11.3. The van der Waals surface area contributed by atoms with Crippen LogP contribution in [0.25, 0.3) is 0 Å². The van der Waals surface area contributed by atoms with Gasteiger partial charge in [0.1, 0.15) is 0 Å². The molecule has 0 aromatic heterocycles. The lowest BCUT2D eigenvalue weighted by Crippen LogP contribution is -2.36. The van der Waals surface area contributed by atoms with E-state index in [1.165, 1.54) is 38.5 Å². The Labute approximate surface area is 105 Å². The van der Waals surface area contributed by atoms with E-state index in [9.17, 15) is 4.79 Å². The van der Waals surface area contributed by atoms with Crippen LogP contribution in [-0.2, 0) is 4.79 Å². The molecule has 0 aliphatic heterocycles. The monoisotopic (exact) mass is 238 g/mol. The number of nitrogens with one attached hydrogen (secondary N) is 2. The molecule has 0 aromatic carbocycles. The Kier molecular flexibility index (Phi) is 6.94. The highest BCUT2D eigenvalue weighted by atomic mass is 16.1. The normalized spacial score (nSPS) is 17.3. The van der Waals surface area contributed by atoms with Gasteiger partial charge in [0.15, 0.2) is 0 Å². The van der Waals surface area contributed by atoms with E-state index in [1.807, 2.05) is 13.8 Å². The maximum Gasteiger partial charge on any atom is 0.243 e. The molecule has 0 radical (unpaired) electrons. The van der Waals surface area contributed by atoms with Crippen molar-refractivity contribution in [1.82, 2.24) is 10.6 Å². The number of allylic oxidation sites excluding steroid dienone is 1. The first-order valence-corrected chi connectivity index (χ1v) is 6.84. The standard InChI is InChI=1S/C14H26N2O/c1-12(2)11-14(17)16-10-9-15-13-7-5-3-4-6-8-13/h11,13,15H,3-10H2,1-2H3,(H,16,17). The third kappa shape index (κ3) is 7.16. The SMILES string of the molecule is CC(C)=CC(=O)NCCNC1CCCCCC1. The molecule has 0 spiro atoms. The van der Waals surface area contributed by atoms with Crippen LogP contribution in [0, 0.1) is 0 Å². The number of hydrogen-bond acceptors (Lipinski definition) is 2. The minimum atomic E-state index is 0.0210. The summed E-state index contributed by atoms with van der Waals surface area (Å²) in [5.41, 5.74) is 1.04. The van der Waals surface area contributed by atoms with E-state index in [-0.39, 0.29) is 5.91 Å². The molecular formula is C14H26N2O. The smallest absolute Gasteiger partial charge is 0.243 e. The molecule has 0 heterocycles.